The fourth-order valence-corrected chi connectivity index (χ4v) is 3.66. The molecular formula is C15H21ClF3N3O3S. The van der Waals surface area contributed by atoms with Crippen LogP contribution < -0.4 is 10.5 Å². The number of sulfonamides is 1. The molecule has 0 saturated carbocycles. The number of benzene rings is 1. The summed E-state index contributed by atoms with van der Waals surface area (Å²) in [5.74, 6) is -0.105. The Labute approximate surface area is 156 Å². The Balaban J connectivity index is 0.00000338. The number of carbonyl (C=O) groups is 1. The van der Waals surface area contributed by atoms with Crippen LogP contribution in [0.4, 0.5) is 13.2 Å². The first-order valence-corrected chi connectivity index (χ1v) is 9.28. The summed E-state index contributed by atoms with van der Waals surface area (Å²) in [5.41, 5.74) is 4.68. The van der Waals surface area contributed by atoms with Crippen molar-refractivity contribution in [3.63, 3.8) is 0 Å². The van der Waals surface area contributed by atoms with Gasteiger partial charge in [-0.1, -0.05) is 6.07 Å². The molecule has 1 fully saturated rings. The minimum absolute atomic E-state index is 0. The van der Waals surface area contributed by atoms with Crippen molar-refractivity contribution >= 4 is 28.3 Å². The SMILES string of the molecule is Cl.N[C@@H]1CCN(C(=O)CCCNS(=O)(=O)c2cccc(C(F)(F)F)c2)C1. The van der Waals surface area contributed by atoms with Gasteiger partial charge in [-0.3, -0.25) is 4.79 Å². The molecule has 1 aromatic carbocycles. The topological polar surface area (TPSA) is 92.5 Å². The number of nitrogens with zero attached hydrogens (tertiary/aromatic N) is 1. The van der Waals surface area contributed by atoms with Gasteiger partial charge in [0.2, 0.25) is 15.9 Å². The molecule has 6 nitrogen and oxygen atoms in total. The molecule has 1 aliphatic rings. The van der Waals surface area contributed by atoms with E-state index in [1.807, 2.05) is 0 Å². The molecule has 0 unspecified atom stereocenters. The highest BCUT2D eigenvalue weighted by molar-refractivity contribution is 7.89. The van der Waals surface area contributed by atoms with Crippen LogP contribution in [0.5, 0.6) is 0 Å². The molecule has 3 N–H and O–H groups in total. The van der Waals surface area contributed by atoms with Crippen LogP contribution in [0, 0.1) is 0 Å². The van der Waals surface area contributed by atoms with E-state index in [1.165, 1.54) is 0 Å². The summed E-state index contributed by atoms with van der Waals surface area (Å²) in [7, 11) is -4.06. The Kier molecular flexibility index (Phi) is 7.87. The molecule has 11 heteroatoms. The van der Waals surface area contributed by atoms with Gasteiger partial charge < -0.3 is 10.6 Å². The average molecular weight is 416 g/mol. The second-order valence-corrected chi connectivity index (χ2v) is 7.68. The Morgan fingerprint density at radius 2 is 2.04 bits per heavy atom. The molecule has 2 rings (SSSR count). The maximum absolute atomic E-state index is 12.7. The molecular weight excluding hydrogens is 395 g/mol. The third-order valence-electron chi connectivity index (χ3n) is 3.91. The quantitative estimate of drug-likeness (QED) is 0.692. The first kappa shape index (κ1) is 22.7. The second-order valence-electron chi connectivity index (χ2n) is 5.92. The molecule has 1 heterocycles. The number of carbonyl (C=O) groups excluding carboxylic acids is 1. The van der Waals surface area contributed by atoms with E-state index in [4.69, 9.17) is 5.73 Å². The number of hydrogen-bond donors (Lipinski definition) is 2. The minimum Gasteiger partial charge on any atom is -0.341 e. The zero-order valence-corrected chi connectivity index (χ0v) is 15.5. The highest BCUT2D eigenvalue weighted by atomic mass is 35.5. The van der Waals surface area contributed by atoms with Crippen molar-refractivity contribution in [2.45, 2.75) is 36.4 Å². The smallest absolute Gasteiger partial charge is 0.341 e. The van der Waals surface area contributed by atoms with Crippen LogP contribution in [-0.4, -0.2) is 44.9 Å². The molecule has 0 aliphatic carbocycles. The zero-order valence-electron chi connectivity index (χ0n) is 13.8. The molecule has 0 spiro atoms. The Hall–Kier alpha value is -1.36. The van der Waals surface area contributed by atoms with Gasteiger partial charge in [0.05, 0.1) is 10.5 Å². The predicted molar refractivity (Wildman–Crippen MR) is 92.3 cm³/mol. The van der Waals surface area contributed by atoms with Gasteiger partial charge in [-0.2, -0.15) is 13.2 Å². The van der Waals surface area contributed by atoms with E-state index in [0.717, 1.165) is 24.6 Å². The second kappa shape index (κ2) is 9.03. The average Bonchev–Trinajstić information content (AvgIpc) is 2.97. The maximum Gasteiger partial charge on any atom is 0.416 e. The van der Waals surface area contributed by atoms with Crippen LogP contribution in [0.15, 0.2) is 29.2 Å². The van der Waals surface area contributed by atoms with E-state index in [9.17, 15) is 26.4 Å². The molecule has 148 valence electrons. The molecule has 1 amide bonds. The van der Waals surface area contributed by atoms with Gasteiger partial charge in [0, 0.05) is 32.1 Å². The van der Waals surface area contributed by atoms with Crippen LogP contribution in [0.3, 0.4) is 0 Å². The summed E-state index contributed by atoms with van der Waals surface area (Å²) >= 11 is 0. The van der Waals surface area contributed by atoms with Gasteiger partial charge in [0.25, 0.3) is 0 Å². The summed E-state index contributed by atoms with van der Waals surface area (Å²) in [6.45, 7) is 1.05. The lowest BCUT2D eigenvalue weighted by atomic mass is 10.2. The van der Waals surface area contributed by atoms with E-state index in [0.29, 0.717) is 19.2 Å². The van der Waals surface area contributed by atoms with Crippen molar-refractivity contribution in [2.24, 2.45) is 5.73 Å². The lowest BCUT2D eigenvalue weighted by Crippen LogP contribution is -2.32. The summed E-state index contributed by atoms with van der Waals surface area (Å²) in [5, 5.41) is 0. The highest BCUT2D eigenvalue weighted by Gasteiger charge is 2.31. The van der Waals surface area contributed by atoms with Crippen LogP contribution >= 0.6 is 12.4 Å². The van der Waals surface area contributed by atoms with Crippen LogP contribution in [0.2, 0.25) is 0 Å². The fraction of sp³-hybridized carbons (Fsp3) is 0.533. The lowest BCUT2D eigenvalue weighted by Gasteiger charge is -2.15. The zero-order chi connectivity index (χ0) is 18.7. The van der Waals surface area contributed by atoms with Crippen molar-refractivity contribution in [3.8, 4) is 0 Å². The van der Waals surface area contributed by atoms with Gasteiger partial charge in [0.1, 0.15) is 0 Å². The number of likely N-dealkylation sites (tertiary alicyclic amines) is 1. The van der Waals surface area contributed by atoms with Crippen molar-refractivity contribution in [3.05, 3.63) is 29.8 Å². The molecule has 26 heavy (non-hydrogen) atoms. The fourth-order valence-electron chi connectivity index (χ4n) is 2.54. The Morgan fingerprint density at radius 1 is 1.35 bits per heavy atom. The molecule has 1 aromatic rings. The van der Waals surface area contributed by atoms with Crippen molar-refractivity contribution in [1.29, 1.82) is 0 Å². The monoisotopic (exact) mass is 415 g/mol. The molecule has 1 aliphatic heterocycles. The highest BCUT2D eigenvalue weighted by Crippen LogP contribution is 2.30. The van der Waals surface area contributed by atoms with E-state index in [1.54, 1.807) is 4.90 Å². The van der Waals surface area contributed by atoms with Crippen molar-refractivity contribution < 1.29 is 26.4 Å². The van der Waals surface area contributed by atoms with Crippen LogP contribution in [0.25, 0.3) is 0 Å². The van der Waals surface area contributed by atoms with Crippen LogP contribution in [0.1, 0.15) is 24.8 Å². The first-order chi connectivity index (χ1) is 11.6. The van der Waals surface area contributed by atoms with E-state index in [2.05, 4.69) is 4.72 Å². The van der Waals surface area contributed by atoms with Crippen LogP contribution in [-0.2, 0) is 21.0 Å². The van der Waals surface area contributed by atoms with Gasteiger partial charge in [0.15, 0.2) is 0 Å². The summed E-state index contributed by atoms with van der Waals surface area (Å²) < 4.78 is 64.3. The first-order valence-electron chi connectivity index (χ1n) is 7.80. The molecule has 0 radical (unpaired) electrons. The summed E-state index contributed by atoms with van der Waals surface area (Å²) in [6.07, 6.45) is -3.47. The van der Waals surface area contributed by atoms with Crippen molar-refractivity contribution in [2.75, 3.05) is 19.6 Å². The molecule has 1 atom stereocenters. The number of rotatable bonds is 6. The number of nitrogens with two attached hydrogens (primary N) is 1. The van der Waals surface area contributed by atoms with Gasteiger partial charge in [-0.25, -0.2) is 13.1 Å². The van der Waals surface area contributed by atoms with E-state index >= 15 is 0 Å². The van der Waals surface area contributed by atoms with Gasteiger partial charge >= 0.3 is 6.18 Å². The molecule has 0 bridgehead atoms. The lowest BCUT2D eigenvalue weighted by molar-refractivity contribution is -0.137. The molecule has 1 saturated heterocycles. The number of halogens is 4. The Bertz CT molecular complexity index is 728. The minimum atomic E-state index is -4.62. The predicted octanol–water partition coefficient (Wildman–Crippen LogP) is 1.75. The maximum atomic E-state index is 12.7. The third-order valence-corrected chi connectivity index (χ3v) is 5.37. The Morgan fingerprint density at radius 3 is 2.62 bits per heavy atom. The largest absolute Gasteiger partial charge is 0.416 e. The standard InChI is InChI=1S/C15H20F3N3O3S.ClH/c16-15(17,18)11-3-1-4-13(9-11)25(23,24)20-7-2-5-14(22)21-8-6-12(19)10-21;/h1,3-4,9,12,20H,2,5-8,10,19H2;1H/t12-;/m1./s1. The van der Waals surface area contributed by atoms with Crippen molar-refractivity contribution in [1.82, 2.24) is 9.62 Å². The summed E-state index contributed by atoms with van der Waals surface area (Å²) in [4.78, 5) is 13.1. The number of alkyl halides is 3. The van der Waals surface area contributed by atoms with E-state index < -0.39 is 26.7 Å². The number of nitrogens with one attached hydrogen (secondary N) is 1. The normalized spacial score (nSPS) is 17.8. The number of hydrogen-bond acceptors (Lipinski definition) is 4. The third kappa shape index (κ3) is 6.11. The van der Waals surface area contributed by atoms with E-state index in [-0.39, 0.29) is 43.7 Å². The summed E-state index contributed by atoms with van der Waals surface area (Å²) in [6, 6.07) is 3.49. The van der Waals surface area contributed by atoms with Gasteiger partial charge in [-0.05, 0) is 31.0 Å². The van der Waals surface area contributed by atoms with Gasteiger partial charge in [-0.15, -0.1) is 12.4 Å². The molecule has 0 aromatic heterocycles. The number of amides is 1.